The van der Waals surface area contributed by atoms with Crippen LogP contribution in [0.2, 0.25) is 5.02 Å². The molecule has 0 aromatic heterocycles. The summed E-state index contributed by atoms with van der Waals surface area (Å²) in [4.78, 5) is 13.8. The van der Waals surface area contributed by atoms with Crippen LogP contribution in [0.15, 0.2) is 53.4 Å². The average molecular weight is 433 g/mol. The fourth-order valence-electron chi connectivity index (χ4n) is 3.01. The predicted octanol–water partition coefficient (Wildman–Crippen LogP) is 3.51. The first-order valence-corrected chi connectivity index (χ1v) is 10.1. The van der Waals surface area contributed by atoms with Gasteiger partial charge in [-0.25, -0.2) is 8.42 Å². The summed E-state index contributed by atoms with van der Waals surface area (Å²) >= 11 is 5.97. The molecule has 1 aliphatic rings. The Morgan fingerprint density at radius 3 is 2.11 bits per heavy atom. The van der Waals surface area contributed by atoms with E-state index in [9.17, 15) is 26.4 Å². The van der Waals surface area contributed by atoms with Gasteiger partial charge in [0.25, 0.3) is 5.91 Å². The molecule has 10 heteroatoms. The summed E-state index contributed by atoms with van der Waals surface area (Å²) in [7, 11) is -3.85. The molecule has 5 nitrogen and oxygen atoms in total. The van der Waals surface area contributed by atoms with Gasteiger partial charge < -0.3 is 4.90 Å². The minimum absolute atomic E-state index is 0.0191. The van der Waals surface area contributed by atoms with Gasteiger partial charge in [-0.1, -0.05) is 35.9 Å². The van der Waals surface area contributed by atoms with E-state index < -0.39 is 33.2 Å². The number of hydrogen-bond acceptors (Lipinski definition) is 3. The highest BCUT2D eigenvalue weighted by molar-refractivity contribution is 7.89. The molecule has 0 unspecified atom stereocenters. The molecule has 1 fully saturated rings. The SMILES string of the molecule is O=C(c1ccccc1C(F)(F)F)N1CCN(S(=O)(=O)c2ccccc2Cl)CC1. The van der Waals surface area contributed by atoms with Crippen LogP contribution in [-0.2, 0) is 16.2 Å². The summed E-state index contributed by atoms with van der Waals surface area (Å²) in [5.41, 5.74) is -1.46. The summed E-state index contributed by atoms with van der Waals surface area (Å²) in [6, 6.07) is 10.6. The molecule has 0 aliphatic carbocycles. The van der Waals surface area contributed by atoms with E-state index in [0.29, 0.717) is 0 Å². The molecule has 0 N–H and O–H groups in total. The standard InChI is InChI=1S/C18H16ClF3N2O3S/c19-15-7-3-4-8-16(15)28(26,27)24-11-9-23(10-12-24)17(25)13-5-1-2-6-14(13)18(20,21)22/h1-8H,9-12H2. The lowest BCUT2D eigenvalue weighted by Crippen LogP contribution is -2.50. The van der Waals surface area contributed by atoms with E-state index in [4.69, 9.17) is 11.6 Å². The molecule has 0 radical (unpaired) electrons. The highest BCUT2D eigenvalue weighted by Gasteiger charge is 2.37. The number of halogens is 4. The van der Waals surface area contributed by atoms with E-state index in [1.165, 1.54) is 33.5 Å². The normalized spacial score (nSPS) is 16.2. The van der Waals surface area contributed by atoms with Gasteiger partial charge in [0, 0.05) is 26.2 Å². The fourth-order valence-corrected chi connectivity index (χ4v) is 4.93. The van der Waals surface area contributed by atoms with Crippen molar-refractivity contribution < 1.29 is 26.4 Å². The third-order valence-electron chi connectivity index (χ3n) is 4.44. The number of piperazine rings is 1. The predicted molar refractivity (Wildman–Crippen MR) is 97.6 cm³/mol. The molecule has 1 amide bonds. The summed E-state index contributed by atoms with van der Waals surface area (Å²) < 4.78 is 66.1. The van der Waals surface area contributed by atoms with Crippen LogP contribution in [-0.4, -0.2) is 49.7 Å². The number of hydrogen-bond donors (Lipinski definition) is 0. The highest BCUT2D eigenvalue weighted by atomic mass is 35.5. The van der Waals surface area contributed by atoms with E-state index >= 15 is 0 Å². The van der Waals surface area contributed by atoms with Crippen molar-refractivity contribution in [2.24, 2.45) is 0 Å². The van der Waals surface area contributed by atoms with Crippen LogP contribution in [0.1, 0.15) is 15.9 Å². The zero-order valence-electron chi connectivity index (χ0n) is 14.5. The molecule has 0 bridgehead atoms. The molecule has 1 saturated heterocycles. The molecule has 150 valence electrons. The van der Waals surface area contributed by atoms with Crippen LogP contribution < -0.4 is 0 Å². The zero-order chi connectivity index (χ0) is 20.5. The number of benzene rings is 2. The number of carbonyl (C=O) groups is 1. The van der Waals surface area contributed by atoms with Gasteiger partial charge in [0.15, 0.2) is 0 Å². The van der Waals surface area contributed by atoms with Crippen LogP contribution in [0.3, 0.4) is 0 Å². The first-order chi connectivity index (χ1) is 13.1. The molecule has 2 aromatic rings. The van der Waals surface area contributed by atoms with Crippen molar-refractivity contribution in [1.82, 2.24) is 9.21 Å². The number of alkyl halides is 3. The van der Waals surface area contributed by atoms with Crippen LogP contribution in [0.25, 0.3) is 0 Å². The number of sulfonamides is 1. The summed E-state index contributed by atoms with van der Waals surface area (Å²) in [5.74, 6) is -0.775. The van der Waals surface area contributed by atoms with Gasteiger partial charge in [0.1, 0.15) is 4.90 Å². The van der Waals surface area contributed by atoms with Gasteiger partial charge >= 0.3 is 6.18 Å². The summed E-state index contributed by atoms with van der Waals surface area (Å²) in [6.45, 7) is -0.107. The Kier molecular flexibility index (Phi) is 5.69. The molecule has 0 atom stereocenters. The second kappa shape index (κ2) is 7.73. The molecule has 28 heavy (non-hydrogen) atoms. The lowest BCUT2D eigenvalue weighted by molar-refractivity contribution is -0.138. The molecule has 1 aliphatic heterocycles. The van der Waals surface area contributed by atoms with Crippen molar-refractivity contribution in [2.45, 2.75) is 11.1 Å². The van der Waals surface area contributed by atoms with Gasteiger partial charge in [0.05, 0.1) is 16.1 Å². The summed E-state index contributed by atoms with van der Waals surface area (Å²) in [6.07, 6.45) is -4.65. The maximum Gasteiger partial charge on any atom is 0.417 e. The topological polar surface area (TPSA) is 57.7 Å². The second-order valence-corrected chi connectivity index (χ2v) is 8.48. The van der Waals surface area contributed by atoms with Crippen molar-refractivity contribution in [3.05, 3.63) is 64.7 Å². The summed E-state index contributed by atoms with van der Waals surface area (Å²) in [5, 5.41) is 0.0834. The first kappa shape index (κ1) is 20.6. The zero-order valence-corrected chi connectivity index (χ0v) is 16.1. The largest absolute Gasteiger partial charge is 0.417 e. The third-order valence-corrected chi connectivity index (χ3v) is 6.84. The van der Waals surface area contributed by atoms with E-state index in [2.05, 4.69) is 0 Å². The van der Waals surface area contributed by atoms with Crippen molar-refractivity contribution in [1.29, 1.82) is 0 Å². The lowest BCUT2D eigenvalue weighted by atomic mass is 10.1. The third kappa shape index (κ3) is 4.01. The Balaban J connectivity index is 1.76. The van der Waals surface area contributed by atoms with Crippen molar-refractivity contribution in [3.63, 3.8) is 0 Å². The van der Waals surface area contributed by atoms with Gasteiger partial charge in [-0.3, -0.25) is 4.79 Å². The van der Waals surface area contributed by atoms with Gasteiger partial charge in [-0.2, -0.15) is 17.5 Å². The van der Waals surface area contributed by atoms with Crippen LogP contribution in [0.5, 0.6) is 0 Å². The van der Waals surface area contributed by atoms with Gasteiger partial charge in [0.2, 0.25) is 10.0 Å². The molecule has 0 spiro atoms. The van der Waals surface area contributed by atoms with Crippen LogP contribution in [0.4, 0.5) is 13.2 Å². The van der Waals surface area contributed by atoms with Crippen LogP contribution in [0, 0.1) is 0 Å². The number of amides is 1. The molecule has 2 aromatic carbocycles. The van der Waals surface area contributed by atoms with Crippen molar-refractivity contribution in [3.8, 4) is 0 Å². The van der Waals surface area contributed by atoms with Crippen molar-refractivity contribution >= 4 is 27.5 Å². The minimum Gasteiger partial charge on any atom is -0.336 e. The molecular formula is C18H16ClF3N2O3S. The molecule has 3 rings (SSSR count). The molecule has 0 saturated carbocycles. The molecular weight excluding hydrogens is 417 g/mol. The Hall–Kier alpha value is -2.10. The second-order valence-electron chi connectivity index (χ2n) is 6.17. The van der Waals surface area contributed by atoms with Crippen molar-refractivity contribution in [2.75, 3.05) is 26.2 Å². The lowest BCUT2D eigenvalue weighted by Gasteiger charge is -2.34. The Labute approximate surface area is 165 Å². The Morgan fingerprint density at radius 2 is 1.50 bits per heavy atom. The van der Waals surface area contributed by atoms with E-state index in [1.807, 2.05) is 0 Å². The quantitative estimate of drug-likeness (QED) is 0.745. The van der Waals surface area contributed by atoms with Crippen LogP contribution >= 0.6 is 11.6 Å². The fraction of sp³-hybridized carbons (Fsp3) is 0.278. The monoisotopic (exact) mass is 432 g/mol. The molecule has 1 heterocycles. The highest BCUT2D eigenvalue weighted by Crippen LogP contribution is 2.32. The minimum atomic E-state index is -4.65. The number of carbonyl (C=O) groups excluding carboxylic acids is 1. The van der Waals surface area contributed by atoms with Gasteiger partial charge in [-0.15, -0.1) is 0 Å². The number of nitrogens with zero attached hydrogens (tertiary/aromatic N) is 2. The maximum atomic E-state index is 13.1. The Bertz CT molecular complexity index is 988. The van der Waals surface area contributed by atoms with Gasteiger partial charge in [-0.05, 0) is 24.3 Å². The maximum absolute atomic E-state index is 13.1. The van der Waals surface area contributed by atoms with E-state index in [0.717, 1.165) is 12.1 Å². The first-order valence-electron chi connectivity index (χ1n) is 8.32. The average Bonchev–Trinajstić information content (AvgIpc) is 2.67. The number of rotatable bonds is 3. The Morgan fingerprint density at radius 1 is 0.929 bits per heavy atom. The van der Waals surface area contributed by atoms with E-state index in [-0.39, 0.29) is 36.1 Å². The van der Waals surface area contributed by atoms with E-state index in [1.54, 1.807) is 12.1 Å². The smallest absolute Gasteiger partial charge is 0.336 e.